The van der Waals surface area contributed by atoms with Crippen molar-refractivity contribution in [1.82, 2.24) is 0 Å². The van der Waals surface area contributed by atoms with Crippen molar-refractivity contribution in [2.24, 2.45) is 34.5 Å². The number of rotatable bonds is 2. The van der Waals surface area contributed by atoms with Crippen molar-refractivity contribution in [3.63, 3.8) is 0 Å². The molecule has 4 nitrogen and oxygen atoms in total. The Morgan fingerprint density at radius 3 is 2.73 bits per heavy atom. The predicted octanol–water partition coefficient (Wildman–Crippen LogP) is 4.71. The Hall–Kier alpha value is -1.03. The van der Waals surface area contributed by atoms with Gasteiger partial charge in [0.2, 0.25) is 0 Å². The van der Waals surface area contributed by atoms with Gasteiger partial charge in [-0.15, -0.1) is 0 Å². The quantitative estimate of drug-likeness (QED) is 0.571. The average Bonchev–Trinajstić information content (AvgIpc) is 2.92. The molecule has 0 spiro atoms. The smallest absolute Gasteiger partial charge is 0.435 e. The van der Waals surface area contributed by atoms with Crippen molar-refractivity contribution >= 4 is 6.16 Å². The molecular formula is C22H34O4. The van der Waals surface area contributed by atoms with E-state index in [9.17, 15) is 9.90 Å². The van der Waals surface area contributed by atoms with Gasteiger partial charge in [0, 0.05) is 5.41 Å². The van der Waals surface area contributed by atoms with E-state index >= 15 is 0 Å². The molecule has 0 unspecified atom stereocenters. The van der Waals surface area contributed by atoms with Crippen LogP contribution in [-0.4, -0.2) is 30.1 Å². The molecule has 146 valence electrons. The molecule has 0 heterocycles. The molecule has 0 radical (unpaired) electrons. The SMILES string of the molecule is CCOC(=O)O[C@H]1CC[C@H]2[C@@H]3CC[C@H]4C[C@@H](O)C=C[C@]4(C)[C@H]3CC[C@]12C. The summed E-state index contributed by atoms with van der Waals surface area (Å²) < 4.78 is 10.8. The second-order valence-corrected chi connectivity index (χ2v) is 9.59. The fourth-order valence-corrected chi connectivity index (χ4v) is 7.20. The average molecular weight is 363 g/mol. The highest BCUT2D eigenvalue weighted by atomic mass is 16.7. The first kappa shape index (κ1) is 18.3. The highest BCUT2D eigenvalue weighted by Gasteiger charge is 2.60. The van der Waals surface area contributed by atoms with E-state index in [2.05, 4.69) is 19.9 Å². The fourth-order valence-electron chi connectivity index (χ4n) is 7.20. The molecule has 0 aromatic rings. The Morgan fingerprint density at radius 1 is 1.15 bits per heavy atom. The van der Waals surface area contributed by atoms with Crippen LogP contribution in [0.2, 0.25) is 0 Å². The Labute approximate surface area is 157 Å². The van der Waals surface area contributed by atoms with E-state index in [-0.39, 0.29) is 23.0 Å². The monoisotopic (exact) mass is 362 g/mol. The van der Waals surface area contributed by atoms with Crippen LogP contribution in [0, 0.1) is 34.5 Å². The second kappa shape index (κ2) is 6.54. The molecule has 4 rings (SSSR count). The standard InChI is InChI=1S/C22H34O4/c1-4-25-20(24)26-19-8-7-17-16-6-5-14-13-15(23)9-11-21(14,2)18(16)10-12-22(17,19)3/h9,11,14-19,23H,4-8,10,12-13H2,1-3H3/t14-,15-,16-,17-,18-,19-,21-,22-/m0/s1. The molecule has 26 heavy (non-hydrogen) atoms. The summed E-state index contributed by atoms with van der Waals surface area (Å²) >= 11 is 0. The van der Waals surface area contributed by atoms with Crippen molar-refractivity contribution in [3.8, 4) is 0 Å². The zero-order valence-corrected chi connectivity index (χ0v) is 16.4. The first-order chi connectivity index (χ1) is 12.4. The van der Waals surface area contributed by atoms with E-state index in [1.165, 1.54) is 19.3 Å². The van der Waals surface area contributed by atoms with Gasteiger partial charge in [-0.3, -0.25) is 0 Å². The number of aliphatic hydroxyl groups is 1. The van der Waals surface area contributed by atoms with E-state index < -0.39 is 6.16 Å². The lowest BCUT2D eigenvalue weighted by atomic mass is 9.46. The van der Waals surface area contributed by atoms with Crippen LogP contribution in [0.1, 0.15) is 65.7 Å². The van der Waals surface area contributed by atoms with Gasteiger partial charge in [0.15, 0.2) is 0 Å². The van der Waals surface area contributed by atoms with Gasteiger partial charge in [-0.2, -0.15) is 0 Å². The molecule has 0 saturated heterocycles. The first-order valence-electron chi connectivity index (χ1n) is 10.6. The van der Waals surface area contributed by atoms with Gasteiger partial charge in [-0.25, -0.2) is 4.79 Å². The summed E-state index contributed by atoms with van der Waals surface area (Å²) in [7, 11) is 0. The number of carbonyl (C=O) groups is 1. The molecule has 0 aromatic heterocycles. The molecule has 0 amide bonds. The maximum atomic E-state index is 11.9. The number of hydrogen-bond acceptors (Lipinski definition) is 4. The van der Waals surface area contributed by atoms with Gasteiger partial charge in [0.05, 0.1) is 12.7 Å². The Kier molecular flexibility index (Phi) is 4.61. The number of fused-ring (bicyclic) bond motifs is 5. The molecular weight excluding hydrogens is 328 g/mol. The van der Waals surface area contributed by atoms with Gasteiger partial charge in [0.1, 0.15) is 6.10 Å². The molecule has 4 aliphatic rings. The number of hydrogen-bond donors (Lipinski definition) is 1. The maximum Gasteiger partial charge on any atom is 0.508 e. The Balaban J connectivity index is 1.54. The number of ether oxygens (including phenoxy) is 2. The Morgan fingerprint density at radius 2 is 1.96 bits per heavy atom. The minimum atomic E-state index is -0.499. The van der Waals surface area contributed by atoms with Crippen LogP contribution < -0.4 is 0 Å². The van der Waals surface area contributed by atoms with Gasteiger partial charge < -0.3 is 14.6 Å². The van der Waals surface area contributed by atoms with Crippen LogP contribution in [-0.2, 0) is 9.47 Å². The van der Waals surface area contributed by atoms with Crippen molar-refractivity contribution in [2.75, 3.05) is 6.61 Å². The summed E-state index contributed by atoms with van der Waals surface area (Å²) in [5.41, 5.74) is 0.318. The largest absolute Gasteiger partial charge is 0.508 e. The third-order valence-electron chi connectivity index (χ3n) is 8.58. The molecule has 0 bridgehead atoms. The summed E-state index contributed by atoms with van der Waals surface area (Å²) in [6.45, 7) is 6.97. The van der Waals surface area contributed by atoms with Gasteiger partial charge in [0.25, 0.3) is 0 Å². The molecule has 0 aromatic carbocycles. The van der Waals surface area contributed by atoms with Crippen molar-refractivity contribution in [3.05, 3.63) is 12.2 Å². The van der Waals surface area contributed by atoms with Crippen LogP contribution in [0.15, 0.2) is 12.2 Å². The predicted molar refractivity (Wildman–Crippen MR) is 99.5 cm³/mol. The van der Waals surface area contributed by atoms with Crippen molar-refractivity contribution in [1.29, 1.82) is 0 Å². The summed E-state index contributed by atoms with van der Waals surface area (Å²) in [5, 5.41) is 10.1. The Bertz CT molecular complexity index is 587. The highest BCUT2D eigenvalue weighted by molar-refractivity contribution is 5.60. The zero-order valence-electron chi connectivity index (χ0n) is 16.4. The summed E-state index contributed by atoms with van der Waals surface area (Å²) in [6.07, 6.45) is 11.5. The zero-order chi connectivity index (χ0) is 18.5. The molecule has 4 heteroatoms. The van der Waals surface area contributed by atoms with Gasteiger partial charge in [-0.05, 0) is 81.0 Å². The van der Waals surface area contributed by atoms with Crippen molar-refractivity contribution < 1.29 is 19.4 Å². The lowest BCUT2D eigenvalue weighted by Gasteiger charge is -2.59. The topological polar surface area (TPSA) is 55.8 Å². The van der Waals surface area contributed by atoms with Crippen molar-refractivity contribution in [2.45, 2.75) is 77.9 Å². The van der Waals surface area contributed by atoms with Crippen LogP contribution in [0.4, 0.5) is 4.79 Å². The molecule has 3 fully saturated rings. The van der Waals surface area contributed by atoms with Crippen LogP contribution in [0.3, 0.4) is 0 Å². The first-order valence-corrected chi connectivity index (χ1v) is 10.6. The van der Waals surface area contributed by atoms with E-state index in [0.717, 1.165) is 25.7 Å². The minimum Gasteiger partial charge on any atom is -0.435 e. The summed E-state index contributed by atoms with van der Waals surface area (Å²) in [5.74, 6) is 2.66. The lowest BCUT2D eigenvalue weighted by Crippen LogP contribution is -2.53. The van der Waals surface area contributed by atoms with Crippen LogP contribution in [0.5, 0.6) is 0 Å². The molecule has 4 aliphatic carbocycles. The maximum absolute atomic E-state index is 11.9. The molecule has 0 aliphatic heterocycles. The highest BCUT2D eigenvalue weighted by Crippen LogP contribution is 2.65. The fraction of sp³-hybridized carbons (Fsp3) is 0.864. The van der Waals surface area contributed by atoms with E-state index in [0.29, 0.717) is 30.3 Å². The summed E-state index contributed by atoms with van der Waals surface area (Å²) in [4.78, 5) is 11.9. The number of aliphatic hydroxyl groups excluding tert-OH is 1. The normalized spacial score (nSPS) is 49.7. The third kappa shape index (κ3) is 2.71. The molecule has 3 saturated carbocycles. The number of carbonyl (C=O) groups excluding carboxylic acids is 1. The van der Waals surface area contributed by atoms with E-state index in [1.807, 2.05) is 13.0 Å². The molecule has 8 atom stereocenters. The van der Waals surface area contributed by atoms with E-state index in [1.54, 1.807) is 0 Å². The summed E-state index contributed by atoms with van der Waals surface area (Å²) in [6, 6.07) is 0. The lowest BCUT2D eigenvalue weighted by molar-refractivity contribution is -0.106. The van der Waals surface area contributed by atoms with Crippen LogP contribution >= 0.6 is 0 Å². The van der Waals surface area contributed by atoms with E-state index in [4.69, 9.17) is 9.47 Å². The number of allylic oxidation sites excluding steroid dienone is 1. The van der Waals surface area contributed by atoms with Gasteiger partial charge in [-0.1, -0.05) is 26.0 Å². The van der Waals surface area contributed by atoms with Gasteiger partial charge >= 0.3 is 6.16 Å². The third-order valence-corrected chi connectivity index (χ3v) is 8.58. The second-order valence-electron chi connectivity index (χ2n) is 9.59. The van der Waals surface area contributed by atoms with Crippen LogP contribution in [0.25, 0.3) is 0 Å². The molecule has 1 N–H and O–H groups in total. The minimum absolute atomic E-state index is 0.00162.